The number of nitrogens with two attached hydrogens (primary N) is 1. The van der Waals surface area contributed by atoms with Gasteiger partial charge in [-0.1, -0.05) is 27.2 Å². The van der Waals surface area contributed by atoms with Gasteiger partial charge in [0.05, 0.1) is 0 Å². The Balaban J connectivity index is 1.88. The monoisotopic (exact) mass is 301 g/mol. The number of anilines is 1. The summed E-state index contributed by atoms with van der Waals surface area (Å²) < 4.78 is 0. The summed E-state index contributed by atoms with van der Waals surface area (Å²) in [5.41, 5.74) is 11.0. The zero-order valence-corrected chi connectivity index (χ0v) is 13.9. The van der Waals surface area contributed by atoms with Crippen LogP contribution in [-0.2, 0) is 0 Å². The third-order valence-electron chi connectivity index (χ3n) is 5.07. The van der Waals surface area contributed by atoms with Gasteiger partial charge in [0.15, 0.2) is 0 Å². The first-order valence-electron chi connectivity index (χ1n) is 8.13. The summed E-state index contributed by atoms with van der Waals surface area (Å²) in [5, 5.41) is 4.31. The highest BCUT2D eigenvalue weighted by Crippen LogP contribution is 2.39. The van der Waals surface area contributed by atoms with Crippen molar-refractivity contribution in [3.05, 3.63) is 29.8 Å². The maximum Gasteiger partial charge on any atom is 0.271 e. The van der Waals surface area contributed by atoms with E-state index in [1.165, 1.54) is 6.42 Å². The summed E-state index contributed by atoms with van der Waals surface area (Å²) in [5.74, 6) is 0.577. The number of benzene rings is 1. The van der Waals surface area contributed by atoms with E-state index < -0.39 is 0 Å². The Labute approximate surface area is 133 Å². The van der Waals surface area contributed by atoms with Crippen LogP contribution in [-0.4, -0.2) is 11.6 Å². The molecule has 1 aromatic rings. The average Bonchev–Trinajstić information content (AvgIpc) is 2.53. The molecule has 0 aliphatic heterocycles. The minimum Gasteiger partial charge on any atom is -0.399 e. The lowest BCUT2D eigenvalue weighted by molar-refractivity contribution is 0.0954. The topological polar surface area (TPSA) is 67.5 Å². The van der Waals surface area contributed by atoms with Crippen molar-refractivity contribution in [2.24, 2.45) is 16.4 Å². The van der Waals surface area contributed by atoms with Crippen LogP contribution in [0.3, 0.4) is 0 Å². The number of hydrazone groups is 1. The largest absolute Gasteiger partial charge is 0.399 e. The quantitative estimate of drug-likeness (QED) is 0.652. The van der Waals surface area contributed by atoms with Crippen LogP contribution >= 0.6 is 0 Å². The number of nitrogen functional groups attached to an aromatic ring is 1. The van der Waals surface area contributed by atoms with Gasteiger partial charge in [-0.15, -0.1) is 0 Å². The Hall–Kier alpha value is -1.84. The highest BCUT2D eigenvalue weighted by molar-refractivity contribution is 5.95. The molecular weight excluding hydrogens is 274 g/mol. The lowest BCUT2D eigenvalue weighted by atomic mass is 9.69. The summed E-state index contributed by atoms with van der Waals surface area (Å²) in [7, 11) is 0. The van der Waals surface area contributed by atoms with Crippen molar-refractivity contribution in [2.75, 3.05) is 5.73 Å². The van der Waals surface area contributed by atoms with E-state index in [1.807, 2.05) is 0 Å². The van der Waals surface area contributed by atoms with Crippen LogP contribution < -0.4 is 11.2 Å². The zero-order valence-electron chi connectivity index (χ0n) is 13.9. The van der Waals surface area contributed by atoms with Crippen LogP contribution in [0, 0.1) is 11.3 Å². The molecule has 0 radical (unpaired) electrons. The molecule has 120 valence electrons. The van der Waals surface area contributed by atoms with Crippen LogP contribution in [0.4, 0.5) is 5.69 Å². The van der Waals surface area contributed by atoms with Crippen molar-refractivity contribution >= 4 is 17.3 Å². The maximum atomic E-state index is 12.0. The van der Waals surface area contributed by atoms with Gasteiger partial charge in [0.25, 0.3) is 5.91 Å². The van der Waals surface area contributed by atoms with Crippen molar-refractivity contribution in [1.29, 1.82) is 0 Å². The molecular formula is C18H27N3O. The smallest absolute Gasteiger partial charge is 0.271 e. The van der Waals surface area contributed by atoms with Gasteiger partial charge in [-0.3, -0.25) is 4.79 Å². The number of carbonyl (C=O) groups excluding carboxylic acids is 1. The third kappa shape index (κ3) is 4.09. The van der Waals surface area contributed by atoms with Crippen LogP contribution in [0.5, 0.6) is 0 Å². The van der Waals surface area contributed by atoms with E-state index in [9.17, 15) is 4.79 Å². The molecule has 0 bridgehead atoms. The number of carbonyl (C=O) groups is 1. The highest BCUT2D eigenvalue weighted by Gasteiger charge is 2.30. The molecule has 1 fully saturated rings. The van der Waals surface area contributed by atoms with Crippen molar-refractivity contribution < 1.29 is 4.79 Å². The van der Waals surface area contributed by atoms with E-state index in [4.69, 9.17) is 5.73 Å². The van der Waals surface area contributed by atoms with Crippen LogP contribution in [0.25, 0.3) is 0 Å². The molecule has 1 amide bonds. The molecule has 0 heterocycles. The number of amides is 1. The van der Waals surface area contributed by atoms with Crippen LogP contribution in [0.1, 0.15) is 63.2 Å². The lowest BCUT2D eigenvalue weighted by Gasteiger charge is -2.36. The molecule has 1 saturated carbocycles. The molecule has 4 heteroatoms. The fourth-order valence-corrected chi connectivity index (χ4v) is 2.96. The Kier molecular flexibility index (Phi) is 5.22. The van der Waals surface area contributed by atoms with Crippen molar-refractivity contribution in [3.8, 4) is 0 Å². The molecule has 0 unspecified atom stereocenters. The van der Waals surface area contributed by atoms with Gasteiger partial charge in [0.1, 0.15) is 0 Å². The second kappa shape index (κ2) is 6.95. The Morgan fingerprint density at radius 3 is 2.41 bits per heavy atom. The number of hydrogen-bond acceptors (Lipinski definition) is 3. The van der Waals surface area contributed by atoms with Gasteiger partial charge < -0.3 is 5.73 Å². The maximum absolute atomic E-state index is 12.0. The fourth-order valence-electron chi connectivity index (χ4n) is 2.96. The number of nitrogens with one attached hydrogen (secondary N) is 1. The highest BCUT2D eigenvalue weighted by atomic mass is 16.2. The molecule has 2 rings (SSSR count). The molecule has 4 nitrogen and oxygen atoms in total. The summed E-state index contributed by atoms with van der Waals surface area (Å²) >= 11 is 0. The molecule has 0 spiro atoms. The number of nitrogens with zero attached hydrogens (tertiary/aromatic N) is 1. The van der Waals surface area contributed by atoms with E-state index in [-0.39, 0.29) is 5.91 Å². The molecule has 1 aromatic carbocycles. The summed E-state index contributed by atoms with van der Waals surface area (Å²) in [6.45, 7) is 6.96. The van der Waals surface area contributed by atoms with Crippen LogP contribution in [0.15, 0.2) is 29.4 Å². The van der Waals surface area contributed by atoms with Gasteiger partial charge in [-0.05, 0) is 61.3 Å². The van der Waals surface area contributed by atoms with E-state index in [0.717, 1.165) is 37.3 Å². The predicted octanol–water partition coefficient (Wildman–Crippen LogP) is 3.98. The van der Waals surface area contributed by atoms with E-state index >= 15 is 0 Å². The van der Waals surface area contributed by atoms with Gasteiger partial charge >= 0.3 is 0 Å². The SMILES string of the molecule is CCC(C)(C)C1CCC(=NNC(=O)c2ccc(N)cc2)CC1. The van der Waals surface area contributed by atoms with Gasteiger partial charge in [-0.25, -0.2) is 5.43 Å². The zero-order chi connectivity index (χ0) is 16.2. The summed E-state index contributed by atoms with van der Waals surface area (Å²) in [4.78, 5) is 12.0. The normalized spacial score (nSPS) is 18.9. The Bertz CT molecular complexity index is 536. The molecule has 0 saturated heterocycles. The number of hydrogen-bond donors (Lipinski definition) is 2. The Morgan fingerprint density at radius 2 is 1.86 bits per heavy atom. The second-order valence-electron chi connectivity index (χ2n) is 6.86. The van der Waals surface area contributed by atoms with Crippen molar-refractivity contribution in [2.45, 2.75) is 52.9 Å². The van der Waals surface area contributed by atoms with Gasteiger partial charge in [0.2, 0.25) is 0 Å². The standard InChI is InChI=1S/C18H27N3O/c1-4-18(2,3)14-7-11-16(12-8-14)20-21-17(22)13-5-9-15(19)10-6-13/h5-6,9-10,14H,4,7-8,11-12,19H2,1-3H3,(H,21,22). The first-order valence-corrected chi connectivity index (χ1v) is 8.13. The summed E-state index contributed by atoms with van der Waals surface area (Å²) in [6, 6.07) is 6.87. The van der Waals surface area contributed by atoms with E-state index in [2.05, 4.69) is 31.3 Å². The molecule has 3 N–H and O–H groups in total. The van der Waals surface area contributed by atoms with Crippen LogP contribution in [0.2, 0.25) is 0 Å². The molecule has 0 aromatic heterocycles. The molecule has 0 atom stereocenters. The fraction of sp³-hybridized carbons (Fsp3) is 0.556. The van der Waals surface area contributed by atoms with Gasteiger partial charge in [0, 0.05) is 17.0 Å². The minimum atomic E-state index is -0.177. The average molecular weight is 301 g/mol. The lowest BCUT2D eigenvalue weighted by Crippen LogP contribution is -2.29. The molecule has 1 aliphatic carbocycles. The van der Waals surface area contributed by atoms with Crippen molar-refractivity contribution in [1.82, 2.24) is 5.43 Å². The van der Waals surface area contributed by atoms with Gasteiger partial charge in [-0.2, -0.15) is 5.10 Å². The van der Waals surface area contributed by atoms with E-state index in [0.29, 0.717) is 16.7 Å². The first-order chi connectivity index (χ1) is 10.4. The predicted molar refractivity (Wildman–Crippen MR) is 91.8 cm³/mol. The second-order valence-corrected chi connectivity index (χ2v) is 6.86. The third-order valence-corrected chi connectivity index (χ3v) is 5.07. The molecule has 1 aliphatic rings. The van der Waals surface area contributed by atoms with E-state index in [1.54, 1.807) is 24.3 Å². The first kappa shape index (κ1) is 16.5. The summed E-state index contributed by atoms with van der Waals surface area (Å²) in [6.07, 6.45) is 5.50. The minimum absolute atomic E-state index is 0.177. The number of rotatable bonds is 4. The Morgan fingerprint density at radius 1 is 1.27 bits per heavy atom. The van der Waals surface area contributed by atoms with Crippen molar-refractivity contribution in [3.63, 3.8) is 0 Å². The molecule has 22 heavy (non-hydrogen) atoms.